The highest BCUT2D eigenvalue weighted by Crippen LogP contribution is 2.29. The molecule has 1 amide bonds. The molecule has 0 radical (unpaired) electrons. The minimum atomic E-state index is -0.250. The Morgan fingerprint density at radius 2 is 2.19 bits per heavy atom. The van der Waals surface area contributed by atoms with E-state index in [1.54, 1.807) is 0 Å². The van der Waals surface area contributed by atoms with Crippen LogP contribution in [0.2, 0.25) is 0 Å². The lowest BCUT2D eigenvalue weighted by atomic mass is 10.1. The maximum absolute atomic E-state index is 12.4. The molecule has 0 aliphatic carbocycles. The van der Waals surface area contributed by atoms with Crippen LogP contribution >= 0.6 is 23.1 Å². The first kappa shape index (κ1) is 19.1. The van der Waals surface area contributed by atoms with E-state index in [4.69, 9.17) is 4.74 Å². The van der Waals surface area contributed by atoms with Gasteiger partial charge in [-0.25, -0.2) is 0 Å². The number of carbonyl (C=O) groups excluding carboxylic acids is 1. The number of aryl methyl sites for hydroxylation is 1. The molecular formula is C18H24N4O2S2. The first-order chi connectivity index (χ1) is 12.6. The molecule has 0 bridgehead atoms. The van der Waals surface area contributed by atoms with Gasteiger partial charge in [0, 0.05) is 18.8 Å². The van der Waals surface area contributed by atoms with Crippen molar-refractivity contribution in [2.45, 2.75) is 48.8 Å². The fraction of sp³-hybridized carbons (Fsp3) is 0.500. The highest BCUT2D eigenvalue weighted by atomic mass is 32.2. The van der Waals surface area contributed by atoms with Crippen molar-refractivity contribution in [1.82, 2.24) is 10.2 Å². The molecule has 140 valence electrons. The van der Waals surface area contributed by atoms with Gasteiger partial charge >= 0.3 is 0 Å². The molecule has 2 heterocycles. The Morgan fingerprint density at radius 1 is 1.38 bits per heavy atom. The Labute approximate surface area is 162 Å². The number of benzene rings is 1. The normalized spacial score (nSPS) is 17.8. The van der Waals surface area contributed by atoms with E-state index in [2.05, 4.69) is 27.8 Å². The summed E-state index contributed by atoms with van der Waals surface area (Å²) in [6, 6.07) is 7.94. The Hall–Kier alpha value is -1.64. The average molecular weight is 393 g/mol. The van der Waals surface area contributed by atoms with Crippen molar-refractivity contribution in [3.8, 4) is 0 Å². The highest BCUT2D eigenvalue weighted by Gasteiger charge is 2.19. The number of carbonyl (C=O) groups is 1. The van der Waals surface area contributed by atoms with Gasteiger partial charge in [0.1, 0.15) is 0 Å². The van der Waals surface area contributed by atoms with Crippen LogP contribution in [0.1, 0.15) is 32.3 Å². The van der Waals surface area contributed by atoms with E-state index in [0.29, 0.717) is 0 Å². The Kier molecular flexibility index (Phi) is 6.87. The van der Waals surface area contributed by atoms with Crippen molar-refractivity contribution in [1.29, 1.82) is 0 Å². The van der Waals surface area contributed by atoms with E-state index in [9.17, 15) is 4.79 Å². The van der Waals surface area contributed by atoms with Crippen molar-refractivity contribution in [3.05, 3.63) is 29.8 Å². The van der Waals surface area contributed by atoms with Gasteiger partial charge in [-0.15, -0.1) is 10.2 Å². The number of hydrogen-bond acceptors (Lipinski definition) is 7. The summed E-state index contributed by atoms with van der Waals surface area (Å²) in [5.74, 6) is -0.0386. The summed E-state index contributed by atoms with van der Waals surface area (Å²) >= 11 is 2.89. The molecule has 2 atom stereocenters. The maximum atomic E-state index is 12.4. The van der Waals surface area contributed by atoms with E-state index in [1.165, 1.54) is 28.7 Å². The van der Waals surface area contributed by atoms with Crippen molar-refractivity contribution >= 4 is 39.8 Å². The molecule has 1 aliphatic rings. The van der Waals surface area contributed by atoms with Crippen molar-refractivity contribution in [2.24, 2.45) is 0 Å². The van der Waals surface area contributed by atoms with Gasteiger partial charge in [-0.1, -0.05) is 42.2 Å². The van der Waals surface area contributed by atoms with Gasteiger partial charge in [0.25, 0.3) is 0 Å². The summed E-state index contributed by atoms with van der Waals surface area (Å²) in [7, 11) is 0. The van der Waals surface area contributed by atoms with Crippen LogP contribution in [0.4, 0.5) is 10.8 Å². The van der Waals surface area contributed by atoms with Gasteiger partial charge in [-0.2, -0.15) is 0 Å². The molecule has 0 spiro atoms. The summed E-state index contributed by atoms with van der Waals surface area (Å²) in [5.41, 5.74) is 2.07. The van der Waals surface area contributed by atoms with Crippen LogP contribution in [0, 0.1) is 0 Å². The lowest BCUT2D eigenvalue weighted by molar-refractivity contribution is -0.115. The van der Waals surface area contributed by atoms with Gasteiger partial charge in [0.2, 0.25) is 11.0 Å². The predicted octanol–water partition coefficient (Wildman–Crippen LogP) is 3.81. The molecule has 1 saturated heterocycles. The zero-order valence-corrected chi connectivity index (χ0v) is 16.7. The number of amides is 1. The number of rotatable bonds is 8. The van der Waals surface area contributed by atoms with Crippen LogP contribution < -0.4 is 10.6 Å². The minimum absolute atomic E-state index is 0.0386. The number of ether oxygens (including phenoxy) is 1. The molecule has 3 rings (SSSR count). The average Bonchev–Trinajstić information content (AvgIpc) is 3.32. The van der Waals surface area contributed by atoms with Gasteiger partial charge in [0.15, 0.2) is 4.34 Å². The van der Waals surface area contributed by atoms with E-state index < -0.39 is 0 Å². The molecule has 2 unspecified atom stereocenters. The van der Waals surface area contributed by atoms with Crippen molar-refractivity contribution in [3.63, 3.8) is 0 Å². The Morgan fingerprint density at radius 3 is 2.88 bits per heavy atom. The first-order valence-corrected chi connectivity index (χ1v) is 10.6. The number of thioether (sulfide) groups is 1. The highest BCUT2D eigenvalue weighted by molar-refractivity contribution is 8.02. The van der Waals surface area contributed by atoms with Gasteiger partial charge in [0.05, 0.1) is 11.4 Å². The molecule has 2 N–H and O–H groups in total. The zero-order chi connectivity index (χ0) is 18.4. The molecular weight excluding hydrogens is 368 g/mol. The maximum Gasteiger partial charge on any atom is 0.237 e. The monoisotopic (exact) mass is 392 g/mol. The summed E-state index contributed by atoms with van der Waals surface area (Å²) in [4.78, 5) is 12.4. The topological polar surface area (TPSA) is 76.1 Å². The van der Waals surface area contributed by atoms with E-state index >= 15 is 0 Å². The first-order valence-electron chi connectivity index (χ1n) is 8.89. The van der Waals surface area contributed by atoms with E-state index in [0.717, 1.165) is 47.6 Å². The third-order valence-corrected chi connectivity index (χ3v) is 6.25. The second kappa shape index (κ2) is 9.34. The number of nitrogens with one attached hydrogen (secondary N) is 2. The quantitative estimate of drug-likeness (QED) is 0.665. The second-order valence-corrected chi connectivity index (χ2v) is 8.75. The predicted molar refractivity (Wildman–Crippen MR) is 107 cm³/mol. The fourth-order valence-electron chi connectivity index (χ4n) is 2.61. The summed E-state index contributed by atoms with van der Waals surface area (Å²) in [6.07, 6.45) is 3.46. The zero-order valence-electron chi connectivity index (χ0n) is 15.0. The number of anilines is 2. The molecule has 1 aromatic heterocycles. The van der Waals surface area contributed by atoms with Crippen LogP contribution in [-0.4, -0.2) is 40.6 Å². The molecule has 1 fully saturated rings. The third kappa shape index (κ3) is 5.43. The number of hydrogen-bond donors (Lipinski definition) is 2. The van der Waals surface area contributed by atoms with Crippen LogP contribution in [-0.2, 0) is 16.0 Å². The standard InChI is InChI=1S/C18H24N4O2S2/c1-3-13-6-8-14(9-7-13)20-16(23)12(2)25-18-22-21-17(26-18)19-11-15-5-4-10-24-15/h6-9,12,15H,3-5,10-11H2,1-2H3,(H,19,21)(H,20,23). The molecule has 2 aromatic rings. The third-order valence-electron chi connectivity index (χ3n) is 4.19. The van der Waals surface area contributed by atoms with Gasteiger partial charge in [-0.3, -0.25) is 4.79 Å². The summed E-state index contributed by atoms with van der Waals surface area (Å²) in [6.45, 7) is 5.58. The van der Waals surface area contributed by atoms with Gasteiger partial charge in [-0.05, 0) is 43.9 Å². The summed E-state index contributed by atoms with van der Waals surface area (Å²) < 4.78 is 6.37. The number of nitrogens with zero attached hydrogens (tertiary/aromatic N) is 2. The molecule has 0 saturated carbocycles. The Bertz CT molecular complexity index is 714. The minimum Gasteiger partial charge on any atom is -0.376 e. The molecule has 26 heavy (non-hydrogen) atoms. The lowest BCUT2D eigenvalue weighted by Gasteiger charge is -2.10. The Balaban J connectivity index is 1.47. The largest absolute Gasteiger partial charge is 0.376 e. The smallest absolute Gasteiger partial charge is 0.237 e. The van der Waals surface area contributed by atoms with Crippen LogP contribution in [0.15, 0.2) is 28.6 Å². The van der Waals surface area contributed by atoms with Crippen LogP contribution in [0.25, 0.3) is 0 Å². The van der Waals surface area contributed by atoms with E-state index in [-0.39, 0.29) is 17.3 Å². The molecule has 1 aliphatic heterocycles. The van der Waals surface area contributed by atoms with Gasteiger partial charge < -0.3 is 15.4 Å². The molecule has 6 nitrogen and oxygen atoms in total. The van der Waals surface area contributed by atoms with E-state index in [1.807, 2.05) is 31.2 Å². The van der Waals surface area contributed by atoms with Crippen LogP contribution in [0.5, 0.6) is 0 Å². The van der Waals surface area contributed by atoms with Crippen molar-refractivity contribution in [2.75, 3.05) is 23.8 Å². The molecule has 8 heteroatoms. The van der Waals surface area contributed by atoms with Crippen molar-refractivity contribution < 1.29 is 9.53 Å². The summed E-state index contributed by atoms with van der Waals surface area (Å²) in [5, 5.41) is 15.0. The molecule has 1 aromatic carbocycles. The SMILES string of the molecule is CCc1ccc(NC(=O)C(C)Sc2nnc(NCC3CCCO3)s2)cc1. The number of aromatic nitrogens is 2. The second-order valence-electron chi connectivity index (χ2n) is 6.19. The lowest BCUT2D eigenvalue weighted by Crippen LogP contribution is -2.22. The fourth-order valence-corrected chi connectivity index (χ4v) is 4.51. The van der Waals surface area contributed by atoms with Crippen LogP contribution in [0.3, 0.4) is 0 Å².